The first kappa shape index (κ1) is 11.4. The van der Waals surface area contributed by atoms with Gasteiger partial charge in [0, 0.05) is 6.54 Å². The lowest BCUT2D eigenvalue weighted by Crippen LogP contribution is -2.24. The zero-order valence-corrected chi connectivity index (χ0v) is 9.92. The van der Waals surface area contributed by atoms with Gasteiger partial charge in [-0.15, -0.1) is 0 Å². The van der Waals surface area contributed by atoms with Gasteiger partial charge in [0.15, 0.2) is 0 Å². The van der Waals surface area contributed by atoms with Crippen molar-refractivity contribution in [3.05, 3.63) is 0 Å². The Labute approximate surface area is 92.5 Å². The molecule has 2 rings (SSSR count). The van der Waals surface area contributed by atoms with Gasteiger partial charge in [-0.3, -0.25) is 0 Å². The summed E-state index contributed by atoms with van der Waals surface area (Å²) in [5.41, 5.74) is 0.0724. The molecule has 0 bridgehead atoms. The maximum Gasteiger partial charge on any atom is 0.0816 e. The van der Waals surface area contributed by atoms with Gasteiger partial charge >= 0.3 is 0 Å². The molecule has 3 heteroatoms. The van der Waals surface area contributed by atoms with Crippen molar-refractivity contribution >= 4 is 0 Å². The average molecular weight is 213 g/mol. The molecule has 2 heterocycles. The Morgan fingerprint density at radius 1 is 1.33 bits per heavy atom. The van der Waals surface area contributed by atoms with Crippen molar-refractivity contribution < 1.29 is 9.47 Å². The first-order valence-electron chi connectivity index (χ1n) is 6.12. The molecule has 0 aromatic heterocycles. The average Bonchev–Trinajstić information content (AvgIpc) is 2.76. The van der Waals surface area contributed by atoms with E-state index < -0.39 is 0 Å². The Bertz CT molecular complexity index is 200. The lowest BCUT2D eigenvalue weighted by atomic mass is 10.1. The van der Waals surface area contributed by atoms with Gasteiger partial charge in [0.2, 0.25) is 0 Å². The summed E-state index contributed by atoms with van der Waals surface area (Å²) in [5, 5.41) is 3.35. The molecular weight excluding hydrogens is 190 g/mol. The monoisotopic (exact) mass is 213 g/mol. The molecule has 0 saturated carbocycles. The van der Waals surface area contributed by atoms with Gasteiger partial charge < -0.3 is 14.8 Å². The molecule has 3 nitrogen and oxygen atoms in total. The minimum absolute atomic E-state index is 0.0724. The van der Waals surface area contributed by atoms with Crippen LogP contribution in [0.5, 0.6) is 0 Å². The van der Waals surface area contributed by atoms with Crippen LogP contribution in [-0.2, 0) is 9.47 Å². The zero-order chi connectivity index (χ0) is 10.7. The number of ether oxygens (including phenoxy) is 2. The van der Waals surface area contributed by atoms with Crippen LogP contribution in [0.2, 0.25) is 0 Å². The standard InChI is InChI=1S/C12H23NO2/c1-12(2)5-3-11(15-12)9-14-8-10-4-6-13-7-10/h10-11,13H,3-9H2,1-2H3. The van der Waals surface area contributed by atoms with Crippen LogP contribution in [0.1, 0.15) is 33.1 Å². The van der Waals surface area contributed by atoms with Crippen molar-refractivity contribution in [1.82, 2.24) is 5.32 Å². The van der Waals surface area contributed by atoms with Gasteiger partial charge in [-0.25, -0.2) is 0 Å². The van der Waals surface area contributed by atoms with E-state index in [1.165, 1.54) is 6.42 Å². The third-order valence-corrected chi connectivity index (χ3v) is 3.37. The van der Waals surface area contributed by atoms with Crippen LogP contribution in [0.15, 0.2) is 0 Å². The van der Waals surface area contributed by atoms with Crippen LogP contribution in [0, 0.1) is 5.92 Å². The lowest BCUT2D eigenvalue weighted by Gasteiger charge is -2.19. The SMILES string of the molecule is CC1(C)CCC(COCC2CCNC2)O1. The van der Waals surface area contributed by atoms with E-state index in [1.54, 1.807) is 0 Å². The van der Waals surface area contributed by atoms with Crippen molar-refractivity contribution in [2.45, 2.75) is 44.8 Å². The Morgan fingerprint density at radius 2 is 2.20 bits per heavy atom. The normalized spacial score (nSPS) is 34.8. The fourth-order valence-electron chi connectivity index (χ4n) is 2.42. The summed E-state index contributed by atoms with van der Waals surface area (Å²) in [7, 11) is 0. The minimum Gasteiger partial charge on any atom is -0.378 e. The van der Waals surface area contributed by atoms with E-state index in [9.17, 15) is 0 Å². The van der Waals surface area contributed by atoms with E-state index in [0.717, 1.165) is 45.1 Å². The van der Waals surface area contributed by atoms with E-state index in [0.29, 0.717) is 6.10 Å². The molecule has 0 amide bonds. The summed E-state index contributed by atoms with van der Waals surface area (Å²) in [6, 6.07) is 0. The largest absolute Gasteiger partial charge is 0.378 e. The summed E-state index contributed by atoms with van der Waals surface area (Å²) in [4.78, 5) is 0. The molecule has 15 heavy (non-hydrogen) atoms. The van der Waals surface area contributed by atoms with Crippen molar-refractivity contribution in [3.63, 3.8) is 0 Å². The van der Waals surface area contributed by atoms with Crippen LogP contribution in [-0.4, -0.2) is 38.0 Å². The maximum absolute atomic E-state index is 5.87. The zero-order valence-electron chi connectivity index (χ0n) is 9.92. The Kier molecular flexibility index (Phi) is 3.65. The molecule has 88 valence electrons. The third-order valence-electron chi connectivity index (χ3n) is 3.37. The molecule has 2 aliphatic heterocycles. The van der Waals surface area contributed by atoms with Crippen LogP contribution < -0.4 is 5.32 Å². The molecule has 2 saturated heterocycles. The van der Waals surface area contributed by atoms with Gasteiger partial charge in [-0.2, -0.15) is 0 Å². The Hall–Kier alpha value is -0.120. The highest BCUT2D eigenvalue weighted by atomic mass is 16.5. The van der Waals surface area contributed by atoms with Crippen molar-refractivity contribution in [3.8, 4) is 0 Å². The predicted molar refractivity (Wildman–Crippen MR) is 60.0 cm³/mol. The highest BCUT2D eigenvalue weighted by molar-refractivity contribution is 4.80. The highest BCUT2D eigenvalue weighted by Gasteiger charge is 2.31. The van der Waals surface area contributed by atoms with Crippen molar-refractivity contribution in [2.75, 3.05) is 26.3 Å². The van der Waals surface area contributed by atoms with Crippen LogP contribution in [0.25, 0.3) is 0 Å². The molecular formula is C12H23NO2. The number of nitrogens with one attached hydrogen (secondary N) is 1. The van der Waals surface area contributed by atoms with Crippen molar-refractivity contribution in [2.24, 2.45) is 5.92 Å². The summed E-state index contributed by atoms with van der Waals surface area (Å²) in [6.07, 6.45) is 3.90. The molecule has 0 spiro atoms. The summed E-state index contributed by atoms with van der Waals surface area (Å²) >= 11 is 0. The van der Waals surface area contributed by atoms with E-state index in [-0.39, 0.29) is 5.60 Å². The predicted octanol–water partition coefficient (Wildman–Crippen LogP) is 1.57. The minimum atomic E-state index is 0.0724. The topological polar surface area (TPSA) is 30.5 Å². The number of hydrogen-bond acceptors (Lipinski definition) is 3. The first-order chi connectivity index (χ1) is 7.16. The van der Waals surface area contributed by atoms with Crippen LogP contribution in [0.4, 0.5) is 0 Å². The first-order valence-corrected chi connectivity index (χ1v) is 6.12. The van der Waals surface area contributed by atoms with Gasteiger partial charge in [0.1, 0.15) is 0 Å². The molecule has 2 atom stereocenters. The van der Waals surface area contributed by atoms with E-state index in [2.05, 4.69) is 19.2 Å². The van der Waals surface area contributed by atoms with E-state index in [4.69, 9.17) is 9.47 Å². The van der Waals surface area contributed by atoms with E-state index in [1.807, 2.05) is 0 Å². The highest BCUT2D eigenvalue weighted by Crippen LogP contribution is 2.29. The fourth-order valence-corrected chi connectivity index (χ4v) is 2.42. The molecule has 2 fully saturated rings. The van der Waals surface area contributed by atoms with Gasteiger partial charge in [0.25, 0.3) is 0 Å². The summed E-state index contributed by atoms with van der Waals surface area (Å²) in [6.45, 7) is 8.27. The van der Waals surface area contributed by atoms with Gasteiger partial charge in [-0.1, -0.05) is 0 Å². The molecule has 0 aromatic carbocycles. The molecule has 0 aromatic rings. The fraction of sp³-hybridized carbons (Fsp3) is 1.00. The molecule has 2 aliphatic rings. The second kappa shape index (κ2) is 4.81. The van der Waals surface area contributed by atoms with Gasteiger partial charge in [0.05, 0.1) is 24.9 Å². The Balaban J connectivity index is 1.58. The maximum atomic E-state index is 5.87. The molecule has 0 aliphatic carbocycles. The van der Waals surface area contributed by atoms with Crippen molar-refractivity contribution in [1.29, 1.82) is 0 Å². The van der Waals surface area contributed by atoms with E-state index >= 15 is 0 Å². The summed E-state index contributed by atoms with van der Waals surface area (Å²) in [5.74, 6) is 0.722. The Morgan fingerprint density at radius 3 is 2.80 bits per heavy atom. The van der Waals surface area contributed by atoms with Crippen LogP contribution >= 0.6 is 0 Å². The summed E-state index contributed by atoms with van der Waals surface area (Å²) < 4.78 is 11.6. The lowest BCUT2D eigenvalue weighted by molar-refractivity contribution is -0.0569. The molecule has 1 N–H and O–H groups in total. The molecule has 0 radical (unpaired) electrons. The van der Waals surface area contributed by atoms with Gasteiger partial charge in [-0.05, 0) is 45.6 Å². The third kappa shape index (κ3) is 3.44. The quantitative estimate of drug-likeness (QED) is 0.769. The number of rotatable bonds is 4. The second-order valence-electron chi connectivity index (χ2n) is 5.43. The number of hydrogen-bond donors (Lipinski definition) is 1. The smallest absolute Gasteiger partial charge is 0.0816 e. The second-order valence-corrected chi connectivity index (χ2v) is 5.43. The molecule has 2 unspecified atom stereocenters. The van der Waals surface area contributed by atoms with Crippen LogP contribution in [0.3, 0.4) is 0 Å².